The van der Waals surface area contributed by atoms with Gasteiger partial charge in [-0.2, -0.15) is 5.10 Å². The van der Waals surface area contributed by atoms with Gasteiger partial charge >= 0.3 is 0 Å². The number of rotatable bonds is 7. The summed E-state index contributed by atoms with van der Waals surface area (Å²) in [6, 6.07) is 10.2. The number of aromatic nitrogens is 3. The van der Waals surface area contributed by atoms with E-state index in [2.05, 4.69) is 18.7 Å². The summed E-state index contributed by atoms with van der Waals surface area (Å²) >= 11 is 0. The number of hydrogen-bond acceptors (Lipinski definition) is 6. The van der Waals surface area contributed by atoms with Crippen LogP contribution in [0.15, 0.2) is 60.4 Å². The van der Waals surface area contributed by atoms with Crippen LogP contribution in [0, 0.1) is 0 Å². The van der Waals surface area contributed by atoms with E-state index in [1.807, 2.05) is 61.1 Å². The second kappa shape index (κ2) is 10.5. The highest BCUT2D eigenvalue weighted by Gasteiger charge is 2.31. The first-order valence-corrected chi connectivity index (χ1v) is 14.6. The van der Waals surface area contributed by atoms with E-state index in [0.717, 1.165) is 57.9 Å². The number of nitrogens with zero attached hydrogens (tertiary/aromatic N) is 4. The van der Waals surface area contributed by atoms with Gasteiger partial charge in [0.15, 0.2) is 5.65 Å². The lowest BCUT2D eigenvalue weighted by Gasteiger charge is -2.25. The van der Waals surface area contributed by atoms with Crippen molar-refractivity contribution in [3.63, 3.8) is 0 Å². The first kappa shape index (κ1) is 25.1. The molecule has 0 spiro atoms. The van der Waals surface area contributed by atoms with Crippen LogP contribution >= 0.6 is 0 Å². The molecular formula is C29H32N4O3S. The Kier molecular flexibility index (Phi) is 7.11. The van der Waals surface area contributed by atoms with Crippen LogP contribution in [0.4, 0.5) is 0 Å². The van der Waals surface area contributed by atoms with E-state index in [-0.39, 0.29) is 17.4 Å². The summed E-state index contributed by atoms with van der Waals surface area (Å²) in [5.74, 6) is 0.853. The molecule has 8 heteroatoms. The van der Waals surface area contributed by atoms with Crippen LogP contribution in [0.3, 0.4) is 0 Å². The fourth-order valence-electron chi connectivity index (χ4n) is 5.15. The van der Waals surface area contributed by atoms with E-state index in [4.69, 9.17) is 19.8 Å². The minimum absolute atomic E-state index is 0.00414. The van der Waals surface area contributed by atoms with Gasteiger partial charge in [-0.15, -0.1) is 0 Å². The van der Waals surface area contributed by atoms with Crippen molar-refractivity contribution < 1.29 is 13.2 Å². The third kappa shape index (κ3) is 5.03. The Morgan fingerprint density at radius 2 is 1.95 bits per heavy atom. The minimum Gasteiger partial charge on any atom is -0.494 e. The summed E-state index contributed by atoms with van der Waals surface area (Å²) in [6.07, 6.45) is 10.5. The zero-order valence-electron chi connectivity index (χ0n) is 21.4. The van der Waals surface area contributed by atoms with E-state index >= 15 is 0 Å². The molecule has 192 valence electrons. The van der Waals surface area contributed by atoms with Gasteiger partial charge in [0.2, 0.25) is 0 Å². The van der Waals surface area contributed by atoms with E-state index in [9.17, 15) is 8.42 Å². The van der Waals surface area contributed by atoms with Gasteiger partial charge in [0.25, 0.3) is 0 Å². The van der Waals surface area contributed by atoms with Crippen molar-refractivity contribution in [1.82, 2.24) is 14.6 Å². The van der Waals surface area contributed by atoms with Crippen LogP contribution in [0.5, 0.6) is 0 Å². The van der Waals surface area contributed by atoms with Crippen molar-refractivity contribution >= 4 is 38.6 Å². The molecule has 1 saturated heterocycles. The number of hydrogen-bond donors (Lipinski definition) is 0. The lowest BCUT2D eigenvalue weighted by atomic mass is 9.92. The summed E-state index contributed by atoms with van der Waals surface area (Å²) in [6.45, 7) is 8.55. The fraction of sp³-hybridized carbons (Fsp3) is 0.345. The van der Waals surface area contributed by atoms with Crippen molar-refractivity contribution in [2.24, 2.45) is 4.99 Å². The molecule has 0 bridgehead atoms. The number of allylic oxidation sites excluding steroid dienone is 2. The molecule has 0 saturated carbocycles. The van der Waals surface area contributed by atoms with Crippen LogP contribution < -0.4 is 0 Å². The highest BCUT2D eigenvalue weighted by molar-refractivity contribution is 7.91. The van der Waals surface area contributed by atoms with E-state index in [1.165, 1.54) is 0 Å². The second-order valence-electron chi connectivity index (χ2n) is 9.43. The summed E-state index contributed by atoms with van der Waals surface area (Å²) in [5, 5.41) is 4.72. The van der Waals surface area contributed by atoms with Gasteiger partial charge in [0.1, 0.15) is 15.6 Å². The summed E-state index contributed by atoms with van der Waals surface area (Å²) < 4.78 is 32.0. The van der Waals surface area contributed by atoms with Crippen LogP contribution in [-0.2, 0) is 14.6 Å². The Hall–Kier alpha value is -3.52. The van der Waals surface area contributed by atoms with Crippen LogP contribution in [-0.4, -0.2) is 46.8 Å². The SMILES string of the molecule is C=C(OCC)c1c(C2CCS(=O)(=O)CC2)nc2c(C3=CN=C(c4ccccc4)CC3)cnn2c1C=CC. The van der Waals surface area contributed by atoms with Crippen molar-refractivity contribution in [3.05, 3.63) is 83.5 Å². The average molecular weight is 517 g/mol. The van der Waals surface area contributed by atoms with Crippen LogP contribution in [0.2, 0.25) is 0 Å². The Morgan fingerprint density at radius 3 is 2.59 bits per heavy atom. The molecule has 5 rings (SSSR count). The lowest BCUT2D eigenvalue weighted by Crippen LogP contribution is -2.24. The number of fused-ring (bicyclic) bond motifs is 1. The maximum Gasteiger partial charge on any atom is 0.163 e. The molecule has 0 atom stereocenters. The maximum absolute atomic E-state index is 12.2. The smallest absolute Gasteiger partial charge is 0.163 e. The van der Waals surface area contributed by atoms with Gasteiger partial charge in [-0.1, -0.05) is 43.0 Å². The molecule has 2 aliphatic heterocycles. The number of sulfone groups is 1. The topological polar surface area (TPSA) is 85.9 Å². The van der Waals surface area contributed by atoms with Crippen LogP contribution in [0.25, 0.3) is 23.1 Å². The third-order valence-electron chi connectivity index (χ3n) is 7.03. The van der Waals surface area contributed by atoms with E-state index in [0.29, 0.717) is 25.2 Å². The van der Waals surface area contributed by atoms with Gasteiger partial charge in [0, 0.05) is 23.4 Å². The molecule has 1 fully saturated rings. The summed E-state index contributed by atoms with van der Waals surface area (Å²) in [4.78, 5) is 9.92. The third-order valence-corrected chi connectivity index (χ3v) is 8.75. The first-order chi connectivity index (χ1) is 17.9. The predicted molar refractivity (Wildman–Crippen MR) is 149 cm³/mol. The van der Waals surface area contributed by atoms with Crippen LogP contribution in [0.1, 0.15) is 73.5 Å². The number of benzene rings is 1. The predicted octanol–water partition coefficient (Wildman–Crippen LogP) is 5.69. The molecule has 0 unspecified atom stereocenters. The molecular weight excluding hydrogens is 484 g/mol. The quantitative estimate of drug-likeness (QED) is 0.377. The molecule has 3 aromatic rings. The number of aliphatic imine (C=N–C) groups is 1. The Balaban J connectivity index is 1.65. The monoisotopic (exact) mass is 516 g/mol. The largest absolute Gasteiger partial charge is 0.494 e. The van der Waals surface area contributed by atoms with Gasteiger partial charge in [-0.05, 0) is 56.7 Å². The standard InChI is InChI=1S/C29H32N4O3S/c1-4-9-26-27(20(3)36-5-2)28(22-14-16-37(34,35)17-15-22)32-29-24(19-31-33(26)29)23-12-13-25(30-18-23)21-10-7-6-8-11-21/h4,6-11,18-19,22H,3,5,12-17H2,1-2H3. The molecule has 0 amide bonds. The average Bonchev–Trinajstić information content (AvgIpc) is 3.33. The Labute approximate surface area is 218 Å². The molecule has 0 N–H and O–H groups in total. The lowest BCUT2D eigenvalue weighted by molar-refractivity contribution is 0.298. The zero-order chi connectivity index (χ0) is 26.0. The zero-order valence-corrected chi connectivity index (χ0v) is 22.2. The van der Waals surface area contributed by atoms with Gasteiger partial charge < -0.3 is 4.74 Å². The molecule has 37 heavy (non-hydrogen) atoms. The maximum atomic E-state index is 12.2. The van der Waals surface area contributed by atoms with Gasteiger partial charge in [0.05, 0.1) is 41.3 Å². The van der Waals surface area contributed by atoms with Crippen molar-refractivity contribution in [1.29, 1.82) is 0 Å². The highest BCUT2D eigenvalue weighted by Crippen LogP contribution is 2.37. The minimum atomic E-state index is -3.01. The fourth-order valence-corrected chi connectivity index (χ4v) is 6.65. The molecule has 0 aliphatic carbocycles. The summed E-state index contributed by atoms with van der Waals surface area (Å²) in [7, 11) is -3.01. The normalized spacial score (nSPS) is 18.1. The molecule has 1 aromatic carbocycles. The Bertz CT molecular complexity index is 1520. The second-order valence-corrected chi connectivity index (χ2v) is 11.7. The van der Waals surface area contributed by atoms with Gasteiger partial charge in [-0.3, -0.25) is 4.99 Å². The summed E-state index contributed by atoms with van der Waals surface area (Å²) in [5.41, 5.74) is 7.46. The van der Waals surface area contributed by atoms with Crippen molar-refractivity contribution in [2.45, 2.75) is 45.4 Å². The van der Waals surface area contributed by atoms with E-state index in [1.54, 1.807) is 0 Å². The van der Waals surface area contributed by atoms with Gasteiger partial charge in [-0.25, -0.2) is 17.9 Å². The number of ether oxygens (including phenoxy) is 1. The van der Waals surface area contributed by atoms with Crippen molar-refractivity contribution in [3.8, 4) is 0 Å². The van der Waals surface area contributed by atoms with E-state index < -0.39 is 9.84 Å². The van der Waals surface area contributed by atoms with Crippen molar-refractivity contribution in [2.75, 3.05) is 18.1 Å². The first-order valence-electron chi connectivity index (χ1n) is 12.8. The molecule has 2 aromatic heterocycles. The molecule has 0 radical (unpaired) electrons. The molecule has 2 aliphatic rings. The Morgan fingerprint density at radius 1 is 1.19 bits per heavy atom. The molecule has 4 heterocycles. The highest BCUT2D eigenvalue weighted by atomic mass is 32.2. The molecule has 7 nitrogen and oxygen atoms in total.